The van der Waals surface area contributed by atoms with Gasteiger partial charge in [0, 0.05) is 0 Å². The summed E-state index contributed by atoms with van der Waals surface area (Å²) in [6, 6.07) is 46.7. The Morgan fingerprint density at radius 3 is 0.733 bits per heavy atom. The smallest absolute Gasteiger partial charge is 0.287 e. The van der Waals surface area contributed by atoms with E-state index in [9.17, 15) is 52.7 Å². The Labute approximate surface area is 409 Å². The summed E-state index contributed by atoms with van der Waals surface area (Å²) in [5.41, 5.74) is -14.3. The molecule has 9 aromatic carbocycles. The Morgan fingerprint density at radius 2 is 0.467 bits per heavy atom. The van der Waals surface area contributed by atoms with Crippen molar-refractivity contribution in [1.82, 2.24) is 0 Å². The van der Waals surface area contributed by atoms with Crippen molar-refractivity contribution in [2.75, 3.05) is 0 Å². The zero-order valence-electron chi connectivity index (χ0n) is 36.7. The lowest BCUT2D eigenvalue weighted by Crippen LogP contribution is -2.81. The number of halogens is 20. The highest BCUT2D eigenvalue weighted by Gasteiger charge is 2.53. The van der Waals surface area contributed by atoms with Gasteiger partial charge in [-0.25, -0.2) is 87.8 Å². The SMILES string of the molecule is Fc1c(F)c(F)c([B-](c2c(F)c(F)c(F)c(F)c2F)(c2c(F)c(F)c(F)c(F)c2F)c2c(F)c(F)c(F)c(F)c2F)c(F)c1F.c1ccc([P+](Oc2ccc3ccccc3c2)(c2ccccc2)c2ccccc2)cc1. The van der Waals surface area contributed by atoms with Crippen molar-refractivity contribution >= 4 is 62.2 Å². The maximum Gasteiger partial charge on any atom is 0.287 e. The minimum Gasteiger partial charge on any atom is -0.334 e. The normalized spacial score (nSPS) is 11.7. The maximum atomic E-state index is 15.4. The fraction of sp³-hybridized carbons (Fsp3) is 0. The first-order chi connectivity index (χ1) is 35.6. The average molecular weight is 1080 g/mol. The average Bonchev–Trinajstić information content (AvgIpc) is 3.43. The second-order valence-electron chi connectivity index (χ2n) is 16.0. The third-order valence-corrected chi connectivity index (χ3v) is 15.6. The summed E-state index contributed by atoms with van der Waals surface area (Å²) in [5.74, 6) is -70.5. The van der Waals surface area contributed by atoms with Crippen LogP contribution in [0.25, 0.3) is 10.8 Å². The van der Waals surface area contributed by atoms with Crippen LogP contribution in [0, 0.1) is 116 Å². The molecule has 0 spiro atoms. The van der Waals surface area contributed by atoms with Crippen molar-refractivity contribution in [1.29, 1.82) is 0 Å². The molecule has 0 amide bonds. The van der Waals surface area contributed by atoms with Gasteiger partial charge in [-0.05, 0) is 59.3 Å². The minimum absolute atomic E-state index is 0.888. The van der Waals surface area contributed by atoms with Gasteiger partial charge in [0.25, 0.3) is 7.49 Å². The molecule has 9 aromatic rings. The Morgan fingerprint density at radius 1 is 0.240 bits per heavy atom. The molecule has 1 nitrogen and oxygen atoms in total. The summed E-state index contributed by atoms with van der Waals surface area (Å²) in [4.78, 5) is 0. The molecule has 0 radical (unpaired) electrons. The lowest BCUT2D eigenvalue weighted by Gasteiger charge is -2.44. The molecule has 0 aromatic heterocycles. The third kappa shape index (κ3) is 8.48. The van der Waals surface area contributed by atoms with Gasteiger partial charge in [0.05, 0.1) is 0 Å². The monoisotopic (exact) mass is 1080 g/mol. The van der Waals surface area contributed by atoms with Crippen molar-refractivity contribution in [2.24, 2.45) is 0 Å². The van der Waals surface area contributed by atoms with E-state index in [4.69, 9.17) is 4.52 Å². The largest absolute Gasteiger partial charge is 0.334 e. The highest BCUT2D eigenvalue weighted by molar-refractivity contribution is 7.92. The summed E-state index contributed by atoms with van der Waals surface area (Å²) in [5, 5.41) is 6.01. The van der Waals surface area contributed by atoms with E-state index in [1.807, 2.05) is 0 Å². The molecule has 0 N–H and O–H groups in total. The lowest BCUT2D eigenvalue weighted by atomic mass is 9.12. The van der Waals surface area contributed by atoms with Gasteiger partial charge < -0.3 is 4.52 Å². The Kier molecular flexibility index (Phi) is 14.6. The first-order valence-electron chi connectivity index (χ1n) is 21.0. The quantitative estimate of drug-likeness (QED) is 0.0460. The molecule has 0 aliphatic rings. The van der Waals surface area contributed by atoms with Crippen LogP contribution < -0.4 is 42.3 Å². The fourth-order valence-electron chi connectivity index (χ4n) is 8.78. The van der Waals surface area contributed by atoms with E-state index in [-0.39, 0.29) is 0 Å². The van der Waals surface area contributed by atoms with Crippen LogP contribution in [0.5, 0.6) is 5.75 Å². The second-order valence-corrected chi connectivity index (χ2v) is 19.0. The fourth-order valence-corrected chi connectivity index (χ4v) is 12.2. The summed E-state index contributed by atoms with van der Waals surface area (Å²) in [6.45, 7) is 0. The molecule has 0 unspecified atom stereocenters. The lowest BCUT2D eigenvalue weighted by molar-refractivity contribution is 0.378. The predicted octanol–water partition coefficient (Wildman–Crippen LogP) is 12.0. The van der Waals surface area contributed by atoms with Gasteiger partial charge in [-0.1, -0.05) is 84.9 Å². The topological polar surface area (TPSA) is 9.23 Å². The van der Waals surface area contributed by atoms with Gasteiger partial charge in [-0.15, -0.1) is 21.9 Å². The zero-order chi connectivity index (χ0) is 54.6. The molecule has 0 atom stereocenters. The Balaban J connectivity index is 0.000000215. The van der Waals surface area contributed by atoms with Crippen LogP contribution in [0.3, 0.4) is 0 Å². The summed E-state index contributed by atoms with van der Waals surface area (Å²) in [7, 11) is -2.35. The molecule has 75 heavy (non-hydrogen) atoms. The van der Waals surface area contributed by atoms with Crippen molar-refractivity contribution in [3.05, 3.63) is 250 Å². The number of rotatable bonds is 9. The number of fused-ring (bicyclic) bond motifs is 1. The van der Waals surface area contributed by atoms with Crippen LogP contribution >= 0.6 is 7.49 Å². The van der Waals surface area contributed by atoms with Gasteiger partial charge >= 0.3 is 0 Å². The minimum atomic E-state index is -7.22. The number of hydrogen-bond acceptors (Lipinski definition) is 1. The summed E-state index contributed by atoms with van der Waals surface area (Å²) >= 11 is 0. The van der Waals surface area contributed by atoms with E-state index < -0.39 is 152 Å². The van der Waals surface area contributed by atoms with E-state index in [1.54, 1.807) is 0 Å². The Bertz CT molecular complexity index is 3220. The molecule has 384 valence electrons. The van der Waals surface area contributed by atoms with Gasteiger partial charge in [0.15, 0.2) is 75.6 Å². The van der Waals surface area contributed by atoms with E-state index in [0.717, 1.165) is 5.75 Å². The molecule has 9 rings (SSSR count). The first-order valence-corrected chi connectivity index (χ1v) is 22.7. The van der Waals surface area contributed by atoms with E-state index in [0.29, 0.717) is 0 Å². The van der Waals surface area contributed by atoms with Gasteiger partial charge in [-0.3, -0.25) is 0 Å². The van der Waals surface area contributed by atoms with Gasteiger partial charge in [0.2, 0.25) is 0 Å². The standard InChI is InChI=1S/C28H22OP.C24BF20/c1-4-14-26(15-5-1)30(27-16-6-2-7-17-27,28-18-8-3-9-19-28)29-25-21-20-23-12-10-11-13-24(23)22-25;26-5-1(6(27)14(35)21(42)13(5)34)25(2-7(28)15(36)22(43)16(37)8(2)29,3-9(30)17(38)23(44)18(39)10(3)31)4-11(32)19(40)24(45)20(41)12(4)33/h1-22H;/q+1;-1. The summed E-state index contributed by atoms with van der Waals surface area (Å²) < 4.78 is 301. The van der Waals surface area contributed by atoms with Crippen LogP contribution in [-0.2, 0) is 0 Å². The van der Waals surface area contributed by atoms with Crippen LogP contribution in [0.2, 0.25) is 0 Å². The van der Waals surface area contributed by atoms with E-state index in [2.05, 4.69) is 133 Å². The van der Waals surface area contributed by atoms with Crippen molar-refractivity contribution in [3.8, 4) is 5.75 Å². The first kappa shape index (κ1) is 53.4. The molecule has 0 heterocycles. The van der Waals surface area contributed by atoms with E-state index >= 15 is 35.1 Å². The van der Waals surface area contributed by atoms with Crippen LogP contribution in [0.15, 0.2) is 133 Å². The molecule has 0 aliphatic heterocycles. The van der Waals surface area contributed by atoms with Crippen LogP contribution in [0.4, 0.5) is 87.8 Å². The molecule has 0 saturated carbocycles. The number of hydrogen-bond donors (Lipinski definition) is 0. The molecule has 0 fully saturated rings. The predicted molar refractivity (Wildman–Crippen MR) is 239 cm³/mol. The molecule has 0 saturated heterocycles. The molecular formula is C52H22BF20OP. The highest BCUT2D eigenvalue weighted by atomic mass is 31.2. The second kappa shape index (κ2) is 20.4. The van der Waals surface area contributed by atoms with Crippen molar-refractivity contribution in [2.45, 2.75) is 0 Å². The van der Waals surface area contributed by atoms with Gasteiger partial charge in [0.1, 0.15) is 68.6 Å². The van der Waals surface area contributed by atoms with Crippen LogP contribution in [-0.4, -0.2) is 6.15 Å². The molecular weight excluding hydrogens is 1060 g/mol. The van der Waals surface area contributed by atoms with Crippen molar-refractivity contribution in [3.63, 3.8) is 0 Å². The Hall–Kier alpha value is -7.87. The molecule has 0 bridgehead atoms. The van der Waals surface area contributed by atoms with Crippen LogP contribution in [0.1, 0.15) is 0 Å². The number of benzene rings is 9. The van der Waals surface area contributed by atoms with Crippen molar-refractivity contribution < 1.29 is 92.3 Å². The summed E-state index contributed by atoms with van der Waals surface area (Å²) in [6.07, 6.45) is -7.22. The zero-order valence-corrected chi connectivity index (χ0v) is 37.6. The van der Waals surface area contributed by atoms with Gasteiger partial charge in [-0.2, -0.15) is 0 Å². The molecule has 23 heteroatoms. The molecule has 0 aliphatic carbocycles. The highest BCUT2D eigenvalue weighted by Crippen LogP contribution is 2.56. The third-order valence-electron chi connectivity index (χ3n) is 12.0. The maximum absolute atomic E-state index is 15.4. The van der Waals surface area contributed by atoms with E-state index in [1.165, 1.54) is 26.7 Å².